The Morgan fingerprint density at radius 1 is 0.613 bits per heavy atom. The molecule has 0 aliphatic carbocycles. The second-order valence-corrected chi connectivity index (χ2v) is 7.76. The fourth-order valence-corrected chi connectivity index (χ4v) is 3.30. The molecule has 0 saturated carbocycles. The van der Waals surface area contributed by atoms with Crippen molar-refractivity contribution in [2.45, 2.75) is 0 Å². The second-order valence-electron chi connectivity index (χ2n) is 6.60. The lowest BCUT2D eigenvalue weighted by molar-refractivity contribution is 0.283. The number of rotatable bonds is 5. The van der Waals surface area contributed by atoms with Crippen LogP contribution >= 0.6 is 7.82 Å². The molecule has 156 valence electrons. The van der Waals surface area contributed by atoms with Gasteiger partial charge in [0.2, 0.25) is 0 Å². The van der Waals surface area contributed by atoms with Crippen molar-refractivity contribution in [3.05, 3.63) is 138 Å². The van der Waals surface area contributed by atoms with Crippen LogP contribution in [0.4, 0.5) is 0 Å². The quantitative estimate of drug-likeness (QED) is 0.283. The molecule has 0 spiro atoms. The lowest BCUT2D eigenvalue weighted by Gasteiger charge is -2.08. The molecule has 0 radical (unpaired) electrons. The van der Waals surface area contributed by atoms with Crippen molar-refractivity contribution >= 4 is 19.5 Å². The van der Waals surface area contributed by atoms with E-state index in [1.54, 1.807) is 18.2 Å². The SMILES string of the molecule is C(=C(c1ccccc1)c1ccccc1)c1ccccc1.O=P(O)(O)Oc1ccccc1. The van der Waals surface area contributed by atoms with Gasteiger partial charge in [-0.25, -0.2) is 4.57 Å². The van der Waals surface area contributed by atoms with Gasteiger partial charge in [0.05, 0.1) is 0 Å². The fourth-order valence-electron chi connectivity index (χ4n) is 2.90. The molecule has 0 bridgehead atoms. The minimum absolute atomic E-state index is 0.167. The van der Waals surface area contributed by atoms with Crippen LogP contribution in [-0.4, -0.2) is 9.79 Å². The van der Waals surface area contributed by atoms with Crippen molar-refractivity contribution in [3.8, 4) is 5.75 Å². The third-order valence-electron chi connectivity index (χ3n) is 4.25. The van der Waals surface area contributed by atoms with E-state index in [0.717, 1.165) is 0 Å². The van der Waals surface area contributed by atoms with E-state index in [1.807, 2.05) is 6.07 Å². The first-order valence-corrected chi connectivity index (χ1v) is 11.2. The molecule has 4 aromatic carbocycles. The van der Waals surface area contributed by atoms with E-state index < -0.39 is 7.82 Å². The van der Waals surface area contributed by atoms with Gasteiger partial charge in [0.15, 0.2) is 0 Å². The van der Waals surface area contributed by atoms with Crippen LogP contribution in [0.2, 0.25) is 0 Å². The average Bonchev–Trinajstić information content (AvgIpc) is 2.79. The molecule has 0 amide bonds. The Labute approximate surface area is 182 Å². The Bertz CT molecular complexity index is 1080. The Hall–Kier alpha value is -3.43. The summed E-state index contributed by atoms with van der Waals surface area (Å²) in [6.45, 7) is 0. The van der Waals surface area contributed by atoms with Crippen LogP contribution in [0.3, 0.4) is 0 Å². The van der Waals surface area contributed by atoms with Crippen molar-refractivity contribution in [2.75, 3.05) is 0 Å². The topological polar surface area (TPSA) is 66.8 Å². The molecule has 2 N–H and O–H groups in total. The summed E-state index contributed by atoms with van der Waals surface area (Å²) >= 11 is 0. The van der Waals surface area contributed by atoms with Gasteiger partial charge in [0.1, 0.15) is 5.75 Å². The summed E-state index contributed by atoms with van der Waals surface area (Å²) in [4.78, 5) is 16.7. The second kappa shape index (κ2) is 11.1. The monoisotopic (exact) mass is 430 g/mol. The Morgan fingerprint density at radius 3 is 1.42 bits per heavy atom. The number of hydrogen-bond donors (Lipinski definition) is 2. The van der Waals surface area contributed by atoms with Gasteiger partial charge in [-0.05, 0) is 40.5 Å². The van der Waals surface area contributed by atoms with E-state index in [1.165, 1.54) is 34.4 Å². The van der Waals surface area contributed by atoms with Gasteiger partial charge in [-0.1, -0.05) is 109 Å². The third-order valence-corrected chi connectivity index (χ3v) is 4.70. The van der Waals surface area contributed by atoms with Gasteiger partial charge >= 0.3 is 7.82 Å². The van der Waals surface area contributed by atoms with Crippen molar-refractivity contribution in [2.24, 2.45) is 0 Å². The average molecular weight is 430 g/mol. The molecular weight excluding hydrogens is 407 g/mol. The summed E-state index contributed by atoms with van der Waals surface area (Å²) in [6, 6.07) is 39.4. The maximum Gasteiger partial charge on any atom is 0.524 e. The number of phosphoric acid groups is 1. The summed E-state index contributed by atoms with van der Waals surface area (Å²) in [6.07, 6.45) is 2.24. The minimum atomic E-state index is -4.39. The van der Waals surface area contributed by atoms with Crippen LogP contribution in [-0.2, 0) is 4.57 Å². The fraction of sp³-hybridized carbons (Fsp3) is 0. The molecular formula is C26H23O4P. The number of phosphoric ester groups is 1. The molecule has 0 aliphatic rings. The predicted octanol–water partition coefficient (Wildman–Crippen LogP) is 6.43. The van der Waals surface area contributed by atoms with Crippen LogP contribution in [0.5, 0.6) is 5.75 Å². The molecule has 0 unspecified atom stereocenters. The molecule has 0 aliphatic heterocycles. The summed E-state index contributed by atoms with van der Waals surface area (Å²) in [5, 5.41) is 0. The summed E-state index contributed by atoms with van der Waals surface area (Å²) < 4.78 is 14.5. The maximum atomic E-state index is 10.3. The van der Waals surface area contributed by atoms with Gasteiger partial charge in [-0.3, -0.25) is 9.79 Å². The van der Waals surface area contributed by atoms with E-state index in [9.17, 15) is 4.57 Å². The molecule has 4 rings (SSSR count). The zero-order valence-corrected chi connectivity index (χ0v) is 17.7. The predicted molar refractivity (Wildman–Crippen MR) is 125 cm³/mol. The first-order valence-electron chi connectivity index (χ1n) is 9.69. The van der Waals surface area contributed by atoms with Crippen molar-refractivity contribution in [1.82, 2.24) is 0 Å². The van der Waals surface area contributed by atoms with E-state index in [4.69, 9.17) is 9.79 Å². The smallest absolute Gasteiger partial charge is 0.404 e. The minimum Gasteiger partial charge on any atom is -0.404 e. The van der Waals surface area contributed by atoms with Crippen molar-refractivity contribution in [1.29, 1.82) is 0 Å². The highest BCUT2D eigenvalue weighted by molar-refractivity contribution is 7.46. The van der Waals surface area contributed by atoms with Crippen LogP contribution in [0.15, 0.2) is 121 Å². The van der Waals surface area contributed by atoms with Gasteiger partial charge in [-0.15, -0.1) is 0 Å². The Morgan fingerprint density at radius 2 is 1.00 bits per heavy atom. The zero-order chi connectivity index (χ0) is 21.9. The normalized spacial score (nSPS) is 10.4. The number of para-hydroxylation sites is 1. The molecule has 0 saturated heterocycles. The highest BCUT2D eigenvalue weighted by Crippen LogP contribution is 2.37. The first-order chi connectivity index (χ1) is 15.0. The molecule has 0 heterocycles. The molecule has 31 heavy (non-hydrogen) atoms. The number of hydrogen-bond acceptors (Lipinski definition) is 2. The van der Waals surface area contributed by atoms with E-state index in [0.29, 0.717) is 0 Å². The molecule has 4 aromatic rings. The zero-order valence-electron chi connectivity index (χ0n) is 16.8. The van der Waals surface area contributed by atoms with Gasteiger partial charge in [0.25, 0.3) is 0 Å². The van der Waals surface area contributed by atoms with Crippen molar-refractivity contribution < 1.29 is 18.9 Å². The summed E-state index contributed by atoms with van der Waals surface area (Å²) in [5.41, 5.74) is 4.94. The maximum absolute atomic E-state index is 10.3. The Kier molecular flexibility index (Phi) is 7.97. The van der Waals surface area contributed by atoms with Crippen LogP contribution in [0, 0.1) is 0 Å². The van der Waals surface area contributed by atoms with Crippen LogP contribution in [0.1, 0.15) is 16.7 Å². The van der Waals surface area contributed by atoms with Gasteiger partial charge < -0.3 is 4.52 Å². The highest BCUT2D eigenvalue weighted by atomic mass is 31.2. The molecule has 0 aromatic heterocycles. The van der Waals surface area contributed by atoms with Crippen LogP contribution in [0.25, 0.3) is 11.6 Å². The molecule has 0 fully saturated rings. The Balaban J connectivity index is 0.000000210. The van der Waals surface area contributed by atoms with Gasteiger partial charge in [-0.2, -0.15) is 0 Å². The van der Waals surface area contributed by atoms with E-state index in [2.05, 4.69) is 95.5 Å². The molecule has 0 atom stereocenters. The lowest BCUT2D eigenvalue weighted by Crippen LogP contribution is -1.88. The lowest BCUT2D eigenvalue weighted by atomic mass is 9.96. The number of benzene rings is 4. The van der Waals surface area contributed by atoms with Crippen LogP contribution < -0.4 is 4.52 Å². The first kappa shape index (κ1) is 22.3. The van der Waals surface area contributed by atoms with E-state index in [-0.39, 0.29) is 5.75 Å². The summed E-state index contributed by atoms with van der Waals surface area (Å²) in [5.74, 6) is 0.167. The highest BCUT2D eigenvalue weighted by Gasteiger charge is 2.14. The largest absolute Gasteiger partial charge is 0.524 e. The molecule has 4 nitrogen and oxygen atoms in total. The molecule has 5 heteroatoms. The van der Waals surface area contributed by atoms with Gasteiger partial charge in [0, 0.05) is 0 Å². The standard InChI is InChI=1S/C20H16.C6H7O4P/c1-4-10-17(11-5-1)16-20(18-12-6-2-7-13-18)19-14-8-3-9-15-19;7-11(8,9)10-6-4-2-1-3-5-6/h1-16H;1-5H,(H2,7,8,9). The van der Waals surface area contributed by atoms with E-state index >= 15 is 0 Å². The summed E-state index contributed by atoms with van der Waals surface area (Å²) in [7, 11) is -4.39. The third kappa shape index (κ3) is 7.72. The van der Waals surface area contributed by atoms with Crippen molar-refractivity contribution in [3.63, 3.8) is 0 Å².